The number of halogens is 2. The fourth-order valence-electron chi connectivity index (χ4n) is 3.79. The average Bonchev–Trinajstić information content (AvgIpc) is 2.70. The van der Waals surface area contributed by atoms with E-state index in [1.807, 2.05) is 6.07 Å². The van der Waals surface area contributed by atoms with E-state index in [1.165, 1.54) is 31.4 Å². The molecule has 1 heterocycles. The SMILES string of the molecule is CC1CCCCN1CCCN(Cc1ccc(F)cc1)C(=O)Nc1cccc(Cl)c1. The summed E-state index contributed by atoms with van der Waals surface area (Å²) in [4.78, 5) is 17.2. The molecule has 1 atom stereocenters. The van der Waals surface area contributed by atoms with Gasteiger partial charge in [0.15, 0.2) is 0 Å². The predicted octanol–water partition coefficient (Wildman–Crippen LogP) is 5.78. The molecular formula is C23H29ClFN3O. The van der Waals surface area contributed by atoms with Crippen molar-refractivity contribution in [1.82, 2.24) is 9.80 Å². The third kappa shape index (κ3) is 6.72. The summed E-state index contributed by atoms with van der Waals surface area (Å²) in [6.07, 6.45) is 4.69. The summed E-state index contributed by atoms with van der Waals surface area (Å²) in [5.41, 5.74) is 1.57. The zero-order chi connectivity index (χ0) is 20.6. The smallest absolute Gasteiger partial charge is 0.320 e. The van der Waals surface area contributed by atoms with E-state index < -0.39 is 0 Å². The lowest BCUT2D eigenvalue weighted by molar-refractivity contribution is 0.150. The second-order valence-corrected chi connectivity index (χ2v) is 8.16. The summed E-state index contributed by atoms with van der Waals surface area (Å²) in [6, 6.07) is 13.9. The molecule has 0 saturated carbocycles. The highest BCUT2D eigenvalue weighted by Gasteiger charge is 2.19. The molecule has 29 heavy (non-hydrogen) atoms. The van der Waals surface area contributed by atoms with Crippen LogP contribution in [0.5, 0.6) is 0 Å². The first-order valence-electron chi connectivity index (χ1n) is 10.3. The first-order chi connectivity index (χ1) is 14.0. The molecule has 1 aliphatic rings. The number of benzene rings is 2. The van der Waals surface area contributed by atoms with E-state index in [1.54, 1.807) is 35.2 Å². The molecule has 0 spiro atoms. The van der Waals surface area contributed by atoms with Crippen molar-refractivity contribution in [3.63, 3.8) is 0 Å². The Labute approximate surface area is 177 Å². The molecule has 3 rings (SSSR count). The molecule has 6 heteroatoms. The minimum Gasteiger partial charge on any atom is -0.320 e. The molecule has 1 unspecified atom stereocenters. The van der Waals surface area contributed by atoms with Crippen LogP contribution >= 0.6 is 11.6 Å². The van der Waals surface area contributed by atoms with Crippen molar-refractivity contribution in [2.45, 2.75) is 45.2 Å². The second kappa shape index (κ2) is 10.6. The molecule has 1 aliphatic heterocycles. The van der Waals surface area contributed by atoms with Crippen molar-refractivity contribution < 1.29 is 9.18 Å². The number of hydrogen-bond donors (Lipinski definition) is 1. The first-order valence-corrected chi connectivity index (χ1v) is 10.7. The second-order valence-electron chi connectivity index (χ2n) is 7.72. The van der Waals surface area contributed by atoms with Gasteiger partial charge in [-0.25, -0.2) is 9.18 Å². The predicted molar refractivity (Wildman–Crippen MR) is 117 cm³/mol. The van der Waals surface area contributed by atoms with E-state index in [-0.39, 0.29) is 11.8 Å². The standard InChI is InChI=1S/C23H29ClFN3O/c1-18-6-2-3-13-27(18)14-5-15-28(17-19-9-11-21(25)12-10-19)23(29)26-22-8-4-7-20(24)16-22/h4,7-12,16,18H,2-3,5-6,13-15,17H2,1H3,(H,26,29). The van der Waals surface area contributed by atoms with Crippen LogP contribution in [-0.4, -0.2) is 41.5 Å². The number of anilines is 1. The summed E-state index contributed by atoms with van der Waals surface area (Å²) in [7, 11) is 0. The van der Waals surface area contributed by atoms with Gasteiger partial charge in [0.2, 0.25) is 0 Å². The molecule has 1 fully saturated rings. The van der Waals surface area contributed by atoms with E-state index in [0.717, 1.165) is 25.1 Å². The first kappa shape index (κ1) is 21.6. The Hall–Kier alpha value is -2.11. The summed E-state index contributed by atoms with van der Waals surface area (Å²) in [5, 5.41) is 3.50. The number of piperidine rings is 1. The highest BCUT2D eigenvalue weighted by Crippen LogP contribution is 2.18. The van der Waals surface area contributed by atoms with Crippen LogP contribution in [0.15, 0.2) is 48.5 Å². The van der Waals surface area contributed by atoms with Crippen molar-refractivity contribution in [1.29, 1.82) is 0 Å². The van der Waals surface area contributed by atoms with Gasteiger partial charge in [-0.1, -0.05) is 36.2 Å². The Balaban J connectivity index is 1.63. The number of nitrogens with one attached hydrogen (secondary N) is 1. The van der Waals surface area contributed by atoms with Gasteiger partial charge in [0, 0.05) is 36.4 Å². The Morgan fingerprint density at radius 3 is 2.76 bits per heavy atom. The third-order valence-corrected chi connectivity index (χ3v) is 5.70. The van der Waals surface area contributed by atoms with E-state index in [0.29, 0.717) is 29.8 Å². The van der Waals surface area contributed by atoms with Gasteiger partial charge in [-0.05, 0) is 68.6 Å². The van der Waals surface area contributed by atoms with Crippen molar-refractivity contribution in [2.24, 2.45) is 0 Å². The molecule has 1 N–H and O–H groups in total. The van der Waals surface area contributed by atoms with Gasteiger partial charge in [0.05, 0.1) is 0 Å². The number of nitrogens with zero attached hydrogens (tertiary/aromatic N) is 2. The minimum absolute atomic E-state index is 0.178. The maximum absolute atomic E-state index is 13.2. The van der Waals surface area contributed by atoms with Gasteiger partial charge in [0.1, 0.15) is 5.82 Å². The number of hydrogen-bond acceptors (Lipinski definition) is 2. The molecule has 2 aromatic carbocycles. The van der Waals surface area contributed by atoms with Gasteiger partial charge in [-0.15, -0.1) is 0 Å². The van der Waals surface area contributed by atoms with E-state index in [2.05, 4.69) is 17.1 Å². The van der Waals surface area contributed by atoms with Gasteiger partial charge in [-0.3, -0.25) is 0 Å². The minimum atomic E-state index is -0.275. The molecule has 4 nitrogen and oxygen atoms in total. The topological polar surface area (TPSA) is 35.6 Å². The van der Waals surface area contributed by atoms with E-state index in [4.69, 9.17) is 11.6 Å². The number of carbonyl (C=O) groups is 1. The van der Waals surface area contributed by atoms with Gasteiger partial charge in [0.25, 0.3) is 0 Å². The zero-order valence-electron chi connectivity index (χ0n) is 16.9. The molecule has 1 saturated heterocycles. The lowest BCUT2D eigenvalue weighted by Crippen LogP contribution is -2.40. The summed E-state index contributed by atoms with van der Waals surface area (Å²) < 4.78 is 13.2. The van der Waals surface area contributed by atoms with Crippen molar-refractivity contribution >= 4 is 23.3 Å². The fraction of sp³-hybridized carbons (Fsp3) is 0.435. The fourth-order valence-corrected chi connectivity index (χ4v) is 3.98. The highest BCUT2D eigenvalue weighted by atomic mass is 35.5. The average molecular weight is 418 g/mol. The lowest BCUT2D eigenvalue weighted by atomic mass is 10.0. The van der Waals surface area contributed by atoms with Crippen molar-refractivity contribution in [2.75, 3.05) is 25.0 Å². The number of carbonyl (C=O) groups excluding carboxylic acids is 1. The van der Waals surface area contributed by atoms with Gasteiger partial charge >= 0.3 is 6.03 Å². The van der Waals surface area contributed by atoms with E-state index >= 15 is 0 Å². The van der Waals surface area contributed by atoms with Crippen LogP contribution in [0.25, 0.3) is 0 Å². The van der Waals surface area contributed by atoms with Crippen LogP contribution in [0.4, 0.5) is 14.9 Å². The number of rotatable bonds is 7. The van der Waals surface area contributed by atoms with Crippen LogP contribution in [-0.2, 0) is 6.54 Å². The van der Waals surface area contributed by atoms with Crippen LogP contribution < -0.4 is 5.32 Å². The summed E-state index contributed by atoms with van der Waals surface area (Å²) in [6.45, 7) is 5.45. The Morgan fingerprint density at radius 2 is 2.03 bits per heavy atom. The Kier molecular flexibility index (Phi) is 7.90. The van der Waals surface area contributed by atoms with Gasteiger partial charge < -0.3 is 15.1 Å². The third-order valence-electron chi connectivity index (χ3n) is 5.46. The monoisotopic (exact) mass is 417 g/mol. The molecular weight excluding hydrogens is 389 g/mol. The number of urea groups is 1. The lowest BCUT2D eigenvalue weighted by Gasteiger charge is -2.34. The maximum atomic E-state index is 13.2. The molecule has 0 bridgehead atoms. The van der Waals surface area contributed by atoms with Gasteiger partial charge in [-0.2, -0.15) is 0 Å². The van der Waals surface area contributed by atoms with Crippen molar-refractivity contribution in [3.05, 3.63) is 64.9 Å². The van der Waals surface area contributed by atoms with Crippen LogP contribution in [0, 0.1) is 5.82 Å². The summed E-state index contributed by atoms with van der Waals surface area (Å²) >= 11 is 6.03. The highest BCUT2D eigenvalue weighted by molar-refractivity contribution is 6.30. The number of likely N-dealkylation sites (tertiary alicyclic amines) is 1. The molecule has 2 amide bonds. The quantitative estimate of drug-likeness (QED) is 0.620. The van der Waals surface area contributed by atoms with Crippen LogP contribution in [0.2, 0.25) is 5.02 Å². The van der Waals surface area contributed by atoms with E-state index in [9.17, 15) is 9.18 Å². The Bertz CT molecular complexity index is 799. The normalized spacial score (nSPS) is 17.1. The summed E-state index contributed by atoms with van der Waals surface area (Å²) in [5.74, 6) is -0.275. The number of amides is 2. The van der Waals surface area contributed by atoms with Crippen LogP contribution in [0.3, 0.4) is 0 Å². The largest absolute Gasteiger partial charge is 0.322 e. The zero-order valence-corrected chi connectivity index (χ0v) is 17.7. The molecule has 0 radical (unpaired) electrons. The van der Waals surface area contributed by atoms with Crippen molar-refractivity contribution in [3.8, 4) is 0 Å². The molecule has 0 aliphatic carbocycles. The maximum Gasteiger partial charge on any atom is 0.322 e. The molecule has 156 valence electrons. The Morgan fingerprint density at radius 1 is 1.24 bits per heavy atom. The molecule has 2 aromatic rings. The van der Waals surface area contributed by atoms with Crippen LogP contribution in [0.1, 0.15) is 38.2 Å². The molecule has 0 aromatic heterocycles.